The number of aliphatic imine (C=N–C) groups is 1. The van der Waals surface area contributed by atoms with Gasteiger partial charge in [0.2, 0.25) is 5.90 Å². The van der Waals surface area contributed by atoms with Crippen molar-refractivity contribution >= 4 is 23.1 Å². The smallest absolute Gasteiger partial charge is 0.416 e. The summed E-state index contributed by atoms with van der Waals surface area (Å²) in [5, 5.41) is 9.42. The van der Waals surface area contributed by atoms with Gasteiger partial charge in [-0.2, -0.15) is 13.2 Å². The minimum absolute atomic E-state index is 0.0108. The minimum Gasteiger partial charge on any atom is -0.503 e. The number of carbonyl (C=O) groups is 1. The average Bonchev–Trinajstić information content (AvgIpc) is 2.69. The minimum atomic E-state index is -4.51. The first kappa shape index (κ1) is 21.2. The SMILES string of the molecule is CO/C=C(/C(=O)O)c1ccccc1COC1=Nc2cc(C(F)(F)F)ccc2OC1C. The molecule has 0 aliphatic carbocycles. The number of fused-ring (bicyclic) bond motifs is 1. The van der Waals surface area contributed by atoms with Crippen LogP contribution in [-0.2, 0) is 27.1 Å². The van der Waals surface area contributed by atoms with Gasteiger partial charge in [-0.25, -0.2) is 9.79 Å². The number of alkyl halides is 3. The molecule has 0 radical (unpaired) electrons. The van der Waals surface area contributed by atoms with E-state index in [1.807, 2.05) is 0 Å². The third kappa shape index (κ3) is 4.56. The first-order valence-corrected chi connectivity index (χ1v) is 8.84. The van der Waals surface area contributed by atoms with E-state index in [4.69, 9.17) is 14.2 Å². The molecular formula is C21H18F3NO5. The number of benzene rings is 2. The fraction of sp³-hybridized carbons (Fsp3) is 0.238. The van der Waals surface area contributed by atoms with Crippen LogP contribution in [0.3, 0.4) is 0 Å². The lowest BCUT2D eigenvalue weighted by molar-refractivity contribution is -0.137. The highest BCUT2D eigenvalue weighted by Crippen LogP contribution is 2.39. The lowest BCUT2D eigenvalue weighted by Gasteiger charge is -2.24. The van der Waals surface area contributed by atoms with Crippen molar-refractivity contribution in [1.82, 2.24) is 0 Å². The Hall–Kier alpha value is -3.49. The Kier molecular flexibility index (Phi) is 6.00. The molecule has 1 unspecified atom stereocenters. The van der Waals surface area contributed by atoms with Crippen LogP contribution >= 0.6 is 0 Å². The molecule has 1 heterocycles. The summed E-state index contributed by atoms with van der Waals surface area (Å²) < 4.78 is 55.0. The zero-order chi connectivity index (χ0) is 21.9. The quantitative estimate of drug-likeness (QED) is 0.554. The van der Waals surface area contributed by atoms with Gasteiger partial charge in [-0.3, -0.25) is 0 Å². The molecule has 1 atom stereocenters. The van der Waals surface area contributed by atoms with Gasteiger partial charge in [0.15, 0.2) is 6.10 Å². The van der Waals surface area contributed by atoms with E-state index in [1.54, 1.807) is 31.2 Å². The number of carboxylic acid groups (broad SMARTS) is 1. The summed E-state index contributed by atoms with van der Waals surface area (Å²) >= 11 is 0. The number of halogens is 3. The third-order valence-corrected chi connectivity index (χ3v) is 4.32. The van der Waals surface area contributed by atoms with Gasteiger partial charge in [0.05, 0.1) is 18.9 Å². The summed E-state index contributed by atoms with van der Waals surface area (Å²) in [6.07, 6.45) is -4.02. The first-order valence-electron chi connectivity index (χ1n) is 8.84. The van der Waals surface area contributed by atoms with Crippen LogP contribution in [0.2, 0.25) is 0 Å². The number of rotatable bonds is 5. The number of methoxy groups -OCH3 is 1. The monoisotopic (exact) mass is 421 g/mol. The molecule has 0 spiro atoms. The molecule has 1 N–H and O–H groups in total. The maximum Gasteiger partial charge on any atom is 0.416 e. The maximum atomic E-state index is 13.0. The largest absolute Gasteiger partial charge is 0.503 e. The molecule has 0 saturated carbocycles. The molecule has 2 aromatic rings. The van der Waals surface area contributed by atoms with Crippen molar-refractivity contribution in [1.29, 1.82) is 0 Å². The Morgan fingerprint density at radius 2 is 2.00 bits per heavy atom. The van der Waals surface area contributed by atoms with Crippen LogP contribution in [0.1, 0.15) is 23.6 Å². The van der Waals surface area contributed by atoms with Gasteiger partial charge in [0.1, 0.15) is 23.6 Å². The Morgan fingerprint density at radius 3 is 2.67 bits per heavy atom. The van der Waals surface area contributed by atoms with Gasteiger partial charge in [-0.15, -0.1) is 0 Å². The van der Waals surface area contributed by atoms with Crippen LogP contribution in [0.25, 0.3) is 5.57 Å². The van der Waals surface area contributed by atoms with Crippen LogP contribution in [-0.4, -0.2) is 30.2 Å². The van der Waals surface area contributed by atoms with Gasteiger partial charge >= 0.3 is 12.1 Å². The Labute approximate surface area is 170 Å². The highest BCUT2D eigenvalue weighted by atomic mass is 19.4. The van der Waals surface area contributed by atoms with Gasteiger partial charge in [0, 0.05) is 0 Å². The van der Waals surface area contributed by atoms with Gasteiger partial charge in [-0.05, 0) is 36.2 Å². The van der Waals surface area contributed by atoms with Crippen molar-refractivity contribution in [2.45, 2.75) is 25.8 Å². The van der Waals surface area contributed by atoms with Gasteiger partial charge < -0.3 is 19.3 Å². The molecule has 0 fully saturated rings. The average molecular weight is 421 g/mol. The van der Waals surface area contributed by atoms with Crippen LogP contribution in [0, 0.1) is 0 Å². The molecule has 0 bridgehead atoms. The highest BCUT2D eigenvalue weighted by Gasteiger charge is 2.32. The Bertz CT molecular complexity index is 1010. The topological polar surface area (TPSA) is 77.4 Å². The Balaban J connectivity index is 1.87. The van der Waals surface area contributed by atoms with Crippen LogP contribution in [0.5, 0.6) is 5.75 Å². The predicted molar refractivity (Wildman–Crippen MR) is 102 cm³/mol. The molecular weight excluding hydrogens is 403 g/mol. The van der Waals surface area contributed by atoms with Gasteiger partial charge in [0.25, 0.3) is 0 Å². The van der Waals surface area contributed by atoms with E-state index >= 15 is 0 Å². The standard InChI is InChI=1S/C21H18F3NO5/c1-12-19(25-17-9-14(21(22,23)24)7-8-18(17)30-12)29-10-13-5-3-4-6-15(13)16(11-28-2)20(26)27/h3-9,11-12H,10H2,1-2H3,(H,26,27)/b16-11+. The number of aliphatic carboxylic acids is 1. The van der Waals surface area contributed by atoms with Gasteiger partial charge in [-0.1, -0.05) is 24.3 Å². The van der Waals surface area contributed by atoms with Crippen molar-refractivity contribution < 1.29 is 37.3 Å². The zero-order valence-electron chi connectivity index (χ0n) is 16.1. The molecule has 0 amide bonds. The predicted octanol–water partition coefficient (Wildman–Crippen LogP) is 4.81. The summed E-state index contributed by atoms with van der Waals surface area (Å²) in [4.78, 5) is 15.7. The third-order valence-electron chi connectivity index (χ3n) is 4.32. The normalized spacial score (nSPS) is 16.2. The number of carboxylic acids is 1. The second-order valence-corrected chi connectivity index (χ2v) is 6.41. The zero-order valence-corrected chi connectivity index (χ0v) is 16.1. The van der Waals surface area contributed by atoms with E-state index in [9.17, 15) is 23.1 Å². The number of ether oxygens (including phenoxy) is 3. The molecule has 6 nitrogen and oxygen atoms in total. The molecule has 0 saturated heterocycles. The van der Waals surface area contributed by atoms with Crippen LogP contribution < -0.4 is 4.74 Å². The molecule has 9 heteroatoms. The number of hydrogen-bond acceptors (Lipinski definition) is 5. The van der Waals surface area contributed by atoms with E-state index in [0.717, 1.165) is 18.4 Å². The number of hydrogen-bond donors (Lipinski definition) is 1. The summed E-state index contributed by atoms with van der Waals surface area (Å²) in [6.45, 7) is 1.59. The first-order chi connectivity index (χ1) is 14.2. The van der Waals surface area contributed by atoms with Crippen molar-refractivity contribution in [3.05, 3.63) is 65.4 Å². The van der Waals surface area contributed by atoms with E-state index < -0.39 is 23.8 Å². The molecule has 158 valence electrons. The Morgan fingerprint density at radius 1 is 1.27 bits per heavy atom. The molecule has 1 aliphatic rings. The molecule has 1 aliphatic heterocycles. The van der Waals surface area contributed by atoms with Crippen molar-refractivity contribution in [3.8, 4) is 5.75 Å². The number of nitrogens with zero attached hydrogens (tertiary/aromatic N) is 1. The fourth-order valence-corrected chi connectivity index (χ4v) is 2.89. The van der Waals surface area contributed by atoms with Crippen molar-refractivity contribution in [2.75, 3.05) is 7.11 Å². The lowest BCUT2D eigenvalue weighted by Crippen LogP contribution is -2.29. The van der Waals surface area contributed by atoms with Crippen LogP contribution in [0.4, 0.5) is 18.9 Å². The van der Waals surface area contributed by atoms with E-state index in [1.165, 1.54) is 13.2 Å². The molecule has 30 heavy (non-hydrogen) atoms. The summed E-state index contributed by atoms with van der Waals surface area (Å²) in [6, 6.07) is 9.70. The summed E-state index contributed by atoms with van der Waals surface area (Å²) in [7, 11) is 1.34. The summed E-state index contributed by atoms with van der Waals surface area (Å²) in [5.74, 6) is -0.867. The van der Waals surface area contributed by atoms with E-state index in [2.05, 4.69) is 4.99 Å². The van der Waals surface area contributed by atoms with E-state index in [0.29, 0.717) is 11.1 Å². The van der Waals surface area contributed by atoms with Crippen molar-refractivity contribution in [2.24, 2.45) is 4.99 Å². The molecule has 3 rings (SSSR count). The molecule has 0 aromatic heterocycles. The highest BCUT2D eigenvalue weighted by molar-refractivity contribution is 6.15. The van der Waals surface area contributed by atoms with Crippen LogP contribution in [0.15, 0.2) is 53.7 Å². The molecule has 2 aromatic carbocycles. The second kappa shape index (κ2) is 8.48. The fourth-order valence-electron chi connectivity index (χ4n) is 2.89. The maximum absolute atomic E-state index is 13.0. The lowest BCUT2D eigenvalue weighted by atomic mass is 10.0. The second-order valence-electron chi connectivity index (χ2n) is 6.41. The summed E-state index contributed by atoms with van der Waals surface area (Å²) in [5.41, 5.74) is 0.0247. The van der Waals surface area contributed by atoms with Crippen molar-refractivity contribution in [3.63, 3.8) is 0 Å². The van der Waals surface area contributed by atoms with E-state index in [-0.39, 0.29) is 29.5 Å².